The predicted octanol–water partition coefficient (Wildman–Crippen LogP) is 2.19. The first-order valence-corrected chi connectivity index (χ1v) is 8.33. The Bertz CT molecular complexity index is 857. The number of aliphatic hydroxyl groups is 2. The standard InChI is InChI=1S/C20H20N2O4/c1-12-5-7-14(8-6-12)18(24)16-17(15-4-3-9-21-10-15)22(11-13(2)23)20(26)19(16)25/h3-10,13,17,23-24H,11H2,1-2H3/b18-16+. The van der Waals surface area contributed by atoms with Gasteiger partial charge in [0.1, 0.15) is 5.76 Å². The minimum atomic E-state index is -0.813. The van der Waals surface area contributed by atoms with Gasteiger partial charge in [0.15, 0.2) is 0 Å². The molecule has 2 N–H and O–H groups in total. The zero-order valence-corrected chi connectivity index (χ0v) is 14.6. The molecule has 0 bridgehead atoms. The smallest absolute Gasteiger partial charge is 0.295 e. The number of nitrogens with zero attached hydrogens (tertiary/aromatic N) is 2. The number of pyridine rings is 1. The van der Waals surface area contributed by atoms with Crippen LogP contribution in [0, 0.1) is 6.92 Å². The Balaban J connectivity index is 2.17. The highest BCUT2D eigenvalue weighted by atomic mass is 16.3. The van der Waals surface area contributed by atoms with Crippen LogP contribution in [-0.4, -0.2) is 44.4 Å². The number of aromatic nitrogens is 1. The van der Waals surface area contributed by atoms with E-state index in [0.717, 1.165) is 5.56 Å². The van der Waals surface area contributed by atoms with Gasteiger partial charge in [0.25, 0.3) is 11.7 Å². The zero-order chi connectivity index (χ0) is 18.8. The second-order valence-electron chi connectivity index (χ2n) is 6.45. The lowest BCUT2D eigenvalue weighted by molar-refractivity contribution is -0.140. The van der Waals surface area contributed by atoms with Gasteiger partial charge in [-0.15, -0.1) is 0 Å². The van der Waals surface area contributed by atoms with Crippen LogP contribution < -0.4 is 0 Å². The molecule has 6 nitrogen and oxygen atoms in total. The minimum Gasteiger partial charge on any atom is -0.507 e. The van der Waals surface area contributed by atoms with Crippen molar-refractivity contribution in [3.05, 3.63) is 71.1 Å². The second kappa shape index (κ2) is 7.09. The molecular weight excluding hydrogens is 332 g/mol. The van der Waals surface area contributed by atoms with Crippen LogP contribution in [0.1, 0.15) is 29.7 Å². The number of amides is 1. The van der Waals surface area contributed by atoms with E-state index in [1.165, 1.54) is 4.90 Å². The van der Waals surface area contributed by atoms with Crippen molar-refractivity contribution in [2.24, 2.45) is 0 Å². The molecule has 2 unspecified atom stereocenters. The molecule has 2 heterocycles. The van der Waals surface area contributed by atoms with E-state index in [0.29, 0.717) is 11.1 Å². The molecule has 2 aromatic rings. The Kier molecular flexibility index (Phi) is 4.86. The van der Waals surface area contributed by atoms with Crippen molar-refractivity contribution >= 4 is 17.4 Å². The SMILES string of the molecule is Cc1ccc(/C(O)=C2\C(=O)C(=O)N(CC(C)O)C2c2cccnc2)cc1. The quantitative estimate of drug-likeness (QED) is 0.500. The van der Waals surface area contributed by atoms with E-state index in [9.17, 15) is 19.8 Å². The third-order valence-electron chi connectivity index (χ3n) is 4.33. The van der Waals surface area contributed by atoms with E-state index in [4.69, 9.17) is 0 Å². The lowest BCUT2D eigenvalue weighted by Gasteiger charge is -2.26. The molecule has 134 valence electrons. The van der Waals surface area contributed by atoms with E-state index >= 15 is 0 Å². The topological polar surface area (TPSA) is 90.7 Å². The van der Waals surface area contributed by atoms with Crippen LogP contribution in [0.25, 0.3) is 5.76 Å². The normalized spacial score (nSPS) is 20.4. The third kappa shape index (κ3) is 3.23. The van der Waals surface area contributed by atoms with E-state index in [1.807, 2.05) is 19.1 Å². The molecule has 0 aliphatic carbocycles. The van der Waals surface area contributed by atoms with Crippen LogP contribution in [0.15, 0.2) is 54.4 Å². The van der Waals surface area contributed by atoms with Gasteiger partial charge in [0, 0.05) is 24.5 Å². The van der Waals surface area contributed by atoms with Crippen LogP contribution in [0.3, 0.4) is 0 Å². The molecule has 1 amide bonds. The fraction of sp³-hybridized carbons (Fsp3) is 0.250. The highest BCUT2D eigenvalue weighted by Crippen LogP contribution is 2.39. The molecule has 1 aliphatic rings. The molecule has 1 aliphatic heterocycles. The van der Waals surface area contributed by atoms with Crippen molar-refractivity contribution in [3.8, 4) is 0 Å². The van der Waals surface area contributed by atoms with Crippen molar-refractivity contribution in [1.82, 2.24) is 9.88 Å². The average molecular weight is 352 g/mol. The Morgan fingerprint density at radius 3 is 2.50 bits per heavy atom. The summed E-state index contributed by atoms with van der Waals surface area (Å²) in [5.41, 5.74) is 2.08. The van der Waals surface area contributed by atoms with Gasteiger partial charge in [-0.1, -0.05) is 35.9 Å². The van der Waals surface area contributed by atoms with Gasteiger partial charge in [-0.05, 0) is 25.5 Å². The number of rotatable bonds is 4. The molecule has 0 spiro atoms. The van der Waals surface area contributed by atoms with Crippen LogP contribution >= 0.6 is 0 Å². The maximum atomic E-state index is 12.7. The summed E-state index contributed by atoms with van der Waals surface area (Å²) in [4.78, 5) is 30.5. The number of Topliss-reactive ketones (excluding diaryl/α,β-unsaturated/α-hetero) is 1. The van der Waals surface area contributed by atoms with Crippen molar-refractivity contribution in [2.45, 2.75) is 26.0 Å². The highest BCUT2D eigenvalue weighted by Gasteiger charge is 2.46. The summed E-state index contributed by atoms with van der Waals surface area (Å²) in [5, 5.41) is 20.5. The van der Waals surface area contributed by atoms with E-state index < -0.39 is 23.8 Å². The number of ketones is 1. The molecule has 1 fully saturated rings. The molecule has 2 atom stereocenters. The first kappa shape index (κ1) is 17.8. The number of aryl methyl sites for hydroxylation is 1. The summed E-state index contributed by atoms with van der Waals surface area (Å²) < 4.78 is 0. The first-order chi connectivity index (χ1) is 12.4. The van der Waals surface area contributed by atoms with Crippen LogP contribution in [-0.2, 0) is 9.59 Å². The Labute approximate surface area is 151 Å². The van der Waals surface area contributed by atoms with Gasteiger partial charge < -0.3 is 15.1 Å². The summed E-state index contributed by atoms with van der Waals surface area (Å²) in [6.45, 7) is 3.44. The number of benzene rings is 1. The van der Waals surface area contributed by atoms with Crippen LogP contribution in [0.2, 0.25) is 0 Å². The number of hydrogen-bond donors (Lipinski definition) is 2. The van der Waals surface area contributed by atoms with Gasteiger partial charge in [0.2, 0.25) is 0 Å². The monoisotopic (exact) mass is 352 g/mol. The predicted molar refractivity (Wildman–Crippen MR) is 96.1 cm³/mol. The van der Waals surface area contributed by atoms with Crippen LogP contribution in [0.5, 0.6) is 0 Å². The number of carbonyl (C=O) groups excluding carboxylic acids is 2. The van der Waals surface area contributed by atoms with Gasteiger partial charge in [-0.25, -0.2) is 0 Å². The lowest BCUT2D eigenvalue weighted by atomic mass is 9.96. The first-order valence-electron chi connectivity index (χ1n) is 8.33. The van der Waals surface area contributed by atoms with Crippen molar-refractivity contribution in [2.75, 3.05) is 6.54 Å². The van der Waals surface area contributed by atoms with E-state index in [1.54, 1.807) is 43.6 Å². The maximum absolute atomic E-state index is 12.7. The second-order valence-corrected chi connectivity index (χ2v) is 6.45. The summed E-state index contributed by atoms with van der Waals surface area (Å²) in [6.07, 6.45) is 2.32. The van der Waals surface area contributed by atoms with Crippen molar-refractivity contribution in [3.63, 3.8) is 0 Å². The largest absolute Gasteiger partial charge is 0.507 e. The number of aliphatic hydroxyl groups excluding tert-OH is 2. The summed E-state index contributed by atoms with van der Waals surface area (Å²) in [7, 11) is 0. The summed E-state index contributed by atoms with van der Waals surface area (Å²) >= 11 is 0. The fourth-order valence-corrected chi connectivity index (χ4v) is 3.10. The fourth-order valence-electron chi connectivity index (χ4n) is 3.10. The average Bonchev–Trinajstić information content (AvgIpc) is 2.87. The molecule has 0 saturated carbocycles. The number of hydrogen-bond acceptors (Lipinski definition) is 5. The van der Waals surface area contributed by atoms with Gasteiger partial charge in [-0.3, -0.25) is 14.6 Å². The Hall–Kier alpha value is -2.99. The van der Waals surface area contributed by atoms with E-state index in [-0.39, 0.29) is 17.9 Å². The minimum absolute atomic E-state index is 0.00695. The molecule has 1 saturated heterocycles. The van der Waals surface area contributed by atoms with Gasteiger partial charge in [0.05, 0.1) is 17.7 Å². The Morgan fingerprint density at radius 2 is 1.92 bits per heavy atom. The number of likely N-dealkylation sites (tertiary alicyclic amines) is 1. The van der Waals surface area contributed by atoms with Crippen LogP contribution in [0.4, 0.5) is 0 Å². The number of β-amino-alcohol motifs (C(OH)–C–C–N with tert-alkyl or cyclic N) is 1. The summed E-state index contributed by atoms with van der Waals surface area (Å²) in [5.74, 6) is -1.74. The third-order valence-corrected chi connectivity index (χ3v) is 4.33. The molecule has 0 radical (unpaired) electrons. The van der Waals surface area contributed by atoms with Gasteiger partial charge >= 0.3 is 0 Å². The highest BCUT2D eigenvalue weighted by molar-refractivity contribution is 6.46. The Morgan fingerprint density at radius 1 is 1.23 bits per heavy atom. The molecule has 26 heavy (non-hydrogen) atoms. The van der Waals surface area contributed by atoms with Crippen molar-refractivity contribution < 1.29 is 19.8 Å². The van der Waals surface area contributed by atoms with Gasteiger partial charge in [-0.2, -0.15) is 0 Å². The molecule has 1 aromatic heterocycles. The molecular formula is C20H20N2O4. The van der Waals surface area contributed by atoms with Crippen molar-refractivity contribution in [1.29, 1.82) is 0 Å². The maximum Gasteiger partial charge on any atom is 0.295 e. The summed E-state index contributed by atoms with van der Waals surface area (Å²) in [6, 6.07) is 9.68. The zero-order valence-electron chi connectivity index (χ0n) is 14.6. The molecule has 3 rings (SSSR count). The lowest BCUT2D eigenvalue weighted by Crippen LogP contribution is -2.35. The molecule has 6 heteroatoms. The molecule has 1 aromatic carbocycles. The van der Waals surface area contributed by atoms with E-state index in [2.05, 4.69) is 4.98 Å². The number of carbonyl (C=O) groups is 2.